The molecule has 0 spiro atoms. The van der Waals surface area contributed by atoms with Crippen molar-refractivity contribution >= 4 is 23.4 Å². The molecule has 1 aromatic carbocycles. The van der Waals surface area contributed by atoms with Gasteiger partial charge in [0.05, 0.1) is 16.3 Å². The average Bonchev–Trinajstić information content (AvgIpc) is 3.43. The third kappa shape index (κ3) is 4.79. The second-order valence-corrected chi connectivity index (χ2v) is 9.91. The van der Waals surface area contributed by atoms with Crippen LogP contribution in [0.1, 0.15) is 55.7 Å². The molecule has 1 aliphatic carbocycles. The molecule has 4 rings (SSSR count). The van der Waals surface area contributed by atoms with Gasteiger partial charge in [0.1, 0.15) is 17.6 Å². The third-order valence-electron chi connectivity index (χ3n) is 5.61. The zero-order valence-electron chi connectivity index (χ0n) is 18.4. The number of fused-ring (bicyclic) bond motifs is 1. The van der Waals surface area contributed by atoms with E-state index in [2.05, 4.69) is 41.4 Å². The monoisotopic (exact) mass is 462 g/mol. The Bertz CT molecular complexity index is 1060. The number of hydrogen-bond acceptors (Lipinski definition) is 5. The molecule has 2 aromatic rings. The lowest BCUT2D eigenvalue weighted by molar-refractivity contribution is -0.126. The minimum absolute atomic E-state index is 0.0806. The van der Waals surface area contributed by atoms with E-state index in [0.717, 1.165) is 12.8 Å². The molecule has 32 heavy (non-hydrogen) atoms. The maximum atomic E-state index is 13.7. The Labute approximate surface area is 191 Å². The van der Waals surface area contributed by atoms with Gasteiger partial charge in [0.15, 0.2) is 0 Å². The second kappa shape index (κ2) is 8.46. The minimum Gasteiger partial charge on any atom is -0.365 e. The third-order valence-corrected chi connectivity index (χ3v) is 5.90. The van der Waals surface area contributed by atoms with Gasteiger partial charge in [-0.15, -0.1) is 0 Å². The molecule has 1 atom stereocenters. The molecular weight excluding hydrogens is 435 g/mol. The van der Waals surface area contributed by atoms with Crippen molar-refractivity contribution in [3.63, 3.8) is 0 Å². The summed E-state index contributed by atoms with van der Waals surface area (Å²) >= 11 is 5.97. The largest absolute Gasteiger partial charge is 0.365 e. The first-order valence-corrected chi connectivity index (χ1v) is 11.1. The Morgan fingerprint density at radius 2 is 2.03 bits per heavy atom. The number of nitrogens with two attached hydrogens (primary N) is 1. The van der Waals surface area contributed by atoms with Gasteiger partial charge in [-0.3, -0.25) is 24.5 Å². The topological polar surface area (TPSA) is 105 Å². The van der Waals surface area contributed by atoms with Crippen molar-refractivity contribution in [2.75, 3.05) is 13.2 Å². The van der Waals surface area contributed by atoms with E-state index >= 15 is 0 Å². The van der Waals surface area contributed by atoms with E-state index in [9.17, 15) is 14.0 Å². The molecule has 0 saturated heterocycles. The van der Waals surface area contributed by atoms with Gasteiger partial charge in [0, 0.05) is 36.9 Å². The second-order valence-electron chi connectivity index (χ2n) is 9.50. The van der Waals surface area contributed by atoms with E-state index in [1.54, 1.807) is 4.68 Å². The first-order valence-electron chi connectivity index (χ1n) is 10.7. The van der Waals surface area contributed by atoms with Gasteiger partial charge in [0.25, 0.3) is 5.91 Å². The van der Waals surface area contributed by atoms with E-state index in [1.165, 1.54) is 18.2 Å². The van der Waals surface area contributed by atoms with E-state index in [-0.39, 0.29) is 28.1 Å². The summed E-state index contributed by atoms with van der Waals surface area (Å²) in [6.07, 6.45) is 1.93. The number of aromatic nitrogens is 2. The van der Waals surface area contributed by atoms with Crippen LogP contribution in [0.2, 0.25) is 5.02 Å². The molecule has 0 radical (unpaired) electrons. The molecule has 1 unspecified atom stereocenters. The average molecular weight is 463 g/mol. The van der Waals surface area contributed by atoms with Crippen molar-refractivity contribution in [2.45, 2.75) is 57.8 Å². The van der Waals surface area contributed by atoms with Gasteiger partial charge in [-0.05, 0) is 51.8 Å². The number of amides is 2. The quantitative estimate of drug-likeness (QED) is 0.611. The fourth-order valence-electron chi connectivity index (χ4n) is 3.77. The molecule has 2 amide bonds. The lowest BCUT2D eigenvalue weighted by Gasteiger charge is -2.35. The Morgan fingerprint density at radius 1 is 1.31 bits per heavy atom. The molecular formula is C22H28ClFN6O2. The van der Waals surface area contributed by atoms with Crippen molar-refractivity contribution in [1.29, 1.82) is 0 Å². The number of benzene rings is 1. The van der Waals surface area contributed by atoms with Gasteiger partial charge in [-0.25, -0.2) is 4.39 Å². The van der Waals surface area contributed by atoms with Gasteiger partial charge in [-0.1, -0.05) is 11.6 Å². The van der Waals surface area contributed by atoms with Crippen LogP contribution in [0.25, 0.3) is 11.3 Å². The minimum atomic E-state index is -0.659. The van der Waals surface area contributed by atoms with Crippen LogP contribution in [-0.2, 0) is 11.3 Å². The van der Waals surface area contributed by atoms with E-state index in [0.29, 0.717) is 36.7 Å². The van der Waals surface area contributed by atoms with Crippen molar-refractivity contribution in [2.24, 2.45) is 5.73 Å². The molecule has 10 heteroatoms. The smallest absolute Gasteiger partial charge is 0.252 e. The number of primary amides is 1. The zero-order valence-corrected chi connectivity index (χ0v) is 19.2. The Kier molecular flexibility index (Phi) is 6.00. The van der Waals surface area contributed by atoms with Crippen molar-refractivity contribution in [1.82, 2.24) is 25.3 Å². The van der Waals surface area contributed by atoms with Gasteiger partial charge >= 0.3 is 0 Å². The summed E-state index contributed by atoms with van der Waals surface area (Å²) in [5.41, 5.74) is 7.18. The van der Waals surface area contributed by atoms with Crippen LogP contribution in [0.3, 0.4) is 0 Å². The molecule has 0 bridgehead atoms. The summed E-state index contributed by atoms with van der Waals surface area (Å²) in [6.45, 7) is 7.52. The van der Waals surface area contributed by atoms with E-state index in [1.807, 2.05) is 0 Å². The molecule has 1 aliphatic heterocycles. The molecule has 4 N–H and O–H groups in total. The summed E-state index contributed by atoms with van der Waals surface area (Å²) in [6, 6.07) is 3.70. The van der Waals surface area contributed by atoms with Crippen LogP contribution in [-0.4, -0.2) is 51.3 Å². The van der Waals surface area contributed by atoms with Gasteiger partial charge in [0.2, 0.25) is 5.91 Å². The van der Waals surface area contributed by atoms with Gasteiger partial charge < -0.3 is 11.1 Å². The first-order chi connectivity index (χ1) is 15.0. The number of halogens is 2. The number of rotatable bonds is 6. The highest BCUT2D eigenvalue weighted by atomic mass is 35.5. The molecule has 172 valence electrons. The summed E-state index contributed by atoms with van der Waals surface area (Å²) in [4.78, 5) is 27.6. The highest BCUT2D eigenvalue weighted by Gasteiger charge is 2.38. The number of carbonyl (C=O) groups is 2. The van der Waals surface area contributed by atoms with Crippen LogP contribution < -0.4 is 16.4 Å². The Hall–Kier alpha value is -2.49. The van der Waals surface area contributed by atoms with Crippen molar-refractivity contribution in [3.05, 3.63) is 40.3 Å². The Morgan fingerprint density at radius 3 is 2.62 bits per heavy atom. The summed E-state index contributed by atoms with van der Waals surface area (Å²) in [7, 11) is 0. The van der Waals surface area contributed by atoms with Crippen LogP contribution in [0.5, 0.6) is 0 Å². The molecule has 8 nitrogen and oxygen atoms in total. The molecule has 2 heterocycles. The zero-order chi connectivity index (χ0) is 23.2. The maximum Gasteiger partial charge on any atom is 0.252 e. The Balaban J connectivity index is 1.77. The summed E-state index contributed by atoms with van der Waals surface area (Å²) < 4.78 is 15.3. The highest BCUT2D eigenvalue weighted by Crippen LogP contribution is 2.33. The highest BCUT2D eigenvalue weighted by molar-refractivity contribution is 6.31. The fraction of sp³-hybridized carbons (Fsp3) is 0.500. The predicted octanol–water partition coefficient (Wildman–Crippen LogP) is 2.42. The number of carbonyl (C=O) groups excluding carboxylic acids is 2. The van der Waals surface area contributed by atoms with E-state index < -0.39 is 17.8 Å². The number of nitrogens with zero attached hydrogens (tertiary/aromatic N) is 3. The van der Waals surface area contributed by atoms with Crippen LogP contribution in [0.15, 0.2) is 18.2 Å². The molecule has 1 fully saturated rings. The van der Waals surface area contributed by atoms with Crippen LogP contribution in [0.4, 0.5) is 4.39 Å². The number of nitrogens with one attached hydrogen (secondary N) is 2. The summed E-state index contributed by atoms with van der Waals surface area (Å²) in [5.74, 6) is -1.37. The van der Waals surface area contributed by atoms with Gasteiger partial charge in [-0.2, -0.15) is 5.10 Å². The molecule has 1 aromatic heterocycles. The first kappa shape index (κ1) is 22.7. The normalized spacial score (nSPS) is 19.0. The SMILES string of the molecule is CC(C)(C)NCN1Cc2c(C(N)=O)c(-c3ccc(F)c(Cl)c3)nn2C(C(=O)NC2CC2)C1. The predicted molar refractivity (Wildman–Crippen MR) is 120 cm³/mol. The molecule has 1 saturated carbocycles. The van der Waals surface area contributed by atoms with E-state index in [4.69, 9.17) is 17.3 Å². The lowest BCUT2D eigenvalue weighted by atomic mass is 10.0. The molecule has 2 aliphatic rings. The number of hydrogen-bond donors (Lipinski definition) is 3. The van der Waals surface area contributed by atoms with Crippen LogP contribution in [0, 0.1) is 5.82 Å². The lowest BCUT2D eigenvalue weighted by Crippen LogP contribution is -2.50. The van der Waals surface area contributed by atoms with Crippen molar-refractivity contribution < 1.29 is 14.0 Å². The fourth-order valence-corrected chi connectivity index (χ4v) is 3.95. The van der Waals surface area contributed by atoms with Crippen molar-refractivity contribution in [3.8, 4) is 11.3 Å². The maximum absolute atomic E-state index is 13.7. The standard InChI is InChI=1S/C22H28ClFN6O2/c1-22(2,3)26-11-29-9-16-18(20(25)31)19(12-4-7-15(24)14(23)8-12)28-30(16)17(10-29)21(32)27-13-5-6-13/h4,7-8,13,17,26H,5-6,9-11H2,1-3H3,(H2,25,31)(H,27,32). The summed E-state index contributed by atoms with van der Waals surface area (Å²) in [5, 5.41) is 11.0. The van der Waals surface area contributed by atoms with Crippen LogP contribution >= 0.6 is 11.6 Å².